The normalized spacial score (nSPS) is 15.3. The smallest absolute Gasteiger partial charge is 0.421 e. The lowest BCUT2D eigenvalue weighted by molar-refractivity contribution is -0.690. The van der Waals surface area contributed by atoms with Gasteiger partial charge in [-0.1, -0.05) is 6.92 Å². The lowest BCUT2D eigenvalue weighted by atomic mass is 10.3. The quantitative estimate of drug-likeness (QED) is 0.540. The summed E-state index contributed by atoms with van der Waals surface area (Å²) in [6.07, 6.45) is 8.25. The van der Waals surface area contributed by atoms with Crippen LogP contribution in [0.15, 0.2) is 12.4 Å². The van der Waals surface area contributed by atoms with Crippen LogP contribution in [0.1, 0.15) is 25.6 Å². The van der Waals surface area contributed by atoms with Crippen LogP contribution < -0.4 is 4.57 Å². The molecule has 0 N–H and O–H groups in total. The first-order valence-corrected chi connectivity index (χ1v) is 9.94. The highest BCUT2D eigenvalue weighted by Gasteiger charge is 2.46. The molecule has 0 amide bonds. The second-order valence-electron chi connectivity index (χ2n) is 5.12. The van der Waals surface area contributed by atoms with E-state index >= 15 is 0 Å². The van der Waals surface area contributed by atoms with Crippen LogP contribution in [0.2, 0.25) is 0 Å². The third-order valence-corrected chi connectivity index (χ3v) is 5.87. The van der Waals surface area contributed by atoms with E-state index in [1.165, 1.54) is 38.2 Å². The summed E-state index contributed by atoms with van der Waals surface area (Å²) in [7, 11) is -13.4. The van der Waals surface area contributed by atoms with Crippen LogP contribution in [0.5, 0.6) is 0 Å². The van der Waals surface area contributed by atoms with Crippen molar-refractivity contribution in [1.82, 2.24) is 4.57 Å². The highest BCUT2D eigenvalue weighted by Crippen LogP contribution is 2.36. The Morgan fingerprint density at radius 2 is 1.58 bits per heavy atom. The monoisotopic (exact) mass is 431 g/mol. The number of hydrogen-bond acceptors (Lipinski definition) is 4. The maximum Gasteiger partial charge on any atom is 0.480 e. The minimum Gasteiger partial charge on any atom is -0.421 e. The van der Waals surface area contributed by atoms with Crippen LogP contribution in [-0.4, -0.2) is 32.4 Å². The van der Waals surface area contributed by atoms with E-state index in [2.05, 4.69) is 28.5 Å². The Morgan fingerprint density at radius 3 is 2.00 bits per heavy atom. The Labute approximate surface area is 145 Å². The summed E-state index contributed by atoms with van der Waals surface area (Å²) in [4.78, 5) is 0. The first kappa shape index (κ1) is 22.7. The Morgan fingerprint density at radius 1 is 1.08 bits per heavy atom. The van der Waals surface area contributed by atoms with Crippen LogP contribution in [0, 0.1) is 0 Å². The van der Waals surface area contributed by atoms with Gasteiger partial charge in [0.25, 0.3) is 5.82 Å². The average Bonchev–Trinajstić information content (AvgIpc) is 3.01. The predicted octanol–water partition coefficient (Wildman–Crippen LogP) is 2.19. The molecule has 0 saturated carbocycles. The van der Waals surface area contributed by atoms with Gasteiger partial charge in [-0.2, -0.15) is 26.3 Å². The van der Waals surface area contributed by atoms with Gasteiger partial charge in [-0.05, 0) is 12.8 Å². The summed E-state index contributed by atoms with van der Waals surface area (Å²) in [5.41, 5.74) is -12.4. The first-order chi connectivity index (χ1) is 11.6. The molecule has 26 heavy (non-hydrogen) atoms. The molecule has 15 heteroatoms. The van der Waals surface area contributed by atoms with E-state index in [-0.39, 0.29) is 0 Å². The minimum absolute atomic E-state index is 0.778. The van der Waals surface area contributed by atoms with Gasteiger partial charge in [-0.15, -0.1) is 0 Å². The van der Waals surface area contributed by atoms with Crippen LogP contribution in [0.4, 0.5) is 26.3 Å². The van der Waals surface area contributed by atoms with Crippen molar-refractivity contribution in [3.63, 3.8) is 0 Å². The summed E-state index contributed by atoms with van der Waals surface area (Å²) in [6, 6.07) is 0. The van der Waals surface area contributed by atoms with Gasteiger partial charge in [0.05, 0.1) is 19.5 Å². The number of nitrogens with zero attached hydrogens (tertiary/aromatic N) is 3. The van der Waals surface area contributed by atoms with E-state index < -0.39 is 31.1 Å². The van der Waals surface area contributed by atoms with Gasteiger partial charge < -0.3 is 4.13 Å². The van der Waals surface area contributed by atoms with E-state index in [1.807, 2.05) is 0 Å². The number of aryl methyl sites for hydroxylation is 2. The number of imidazole rings is 1. The van der Waals surface area contributed by atoms with E-state index in [1.54, 1.807) is 0 Å². The summed E-state index contributed by atoms with van der Waals surface area (Å²) in [6.45, 7) is 4.64. The van der Waals surface area contributed by atoms with Gasteiger partial charge in [-0.25, -0.2) is 26.0 Å². The standard InChI is InChI=1S/C9H15N2.C2F6NO4S2/c1-2-5-10-7-8-11-6-3-4-9(10)11;3-1(4,5)14(10,11)9-15(12,13)2(6,7)8/h7-8H,2-6H2,1H3;/q+1;-1. The number of fused-ring (bicyclic) bond motifs is 1. The number of alkyl halides is 6. The van der Waals surface area contributed by atoms with Crippen molar-refractivity contribution in [2.75, 3.05) is 0 Å². The van der Waals surface area contributed by atoms with E-state index in [0.29, 0.717) is 0 Å². The molecule has 2 heterocycles. The third kappa shape index (κ3) is 5.33. The number of rotatable bonds is 4. The van der Waals surface area contributed by atoms with Crippen molar-refractivity contribution in [1.29, 1.82) is 0 Å². The zero-order chi connectivity index (χ0) is 20.4. The van der Waals surface area contributed by atoms with Crippen molar-refractivity contribution in [2.45, 2.75) is 50.3 Å². The molecule has 0 saturated heterocycles. The van der Waals surface area contributed by atoms with Gasteiger partial charge >= 0.3 is 11.0 Å². The molecule has 0 radical (unpaired) electrons. The van der Waals surface area contributed by atoms with Crippen molar-refractivity contribution in [3.8, 4) is 0 Å². The van der Waals surface area contributed by atoms with Gasteiger partial charge in [0.1, 0.15) is 12.4 Å². The maximum atomic E-state index is 11.4. The number of hydrogen-bond donors (Lipinski definition) is 0. The largest absolute Gasteiger partial charge is 0.480 e. The Hall–Kier alpha value is -1.35. The summed E-state index contributed by atoms with van der Waals surface area (Å²) < 4.78 is 114. The maximum absolute atomic E-state index is 11.4. The van der Waals surface area contributed by atoms with Crippen molar-refractivity contribution in [2.24, 2.45) is 0 Å². The van der Waals surface area contributed by atoms with Gasteiger partial charge in [-0.3, -0.25) is 0 Å². The molecule has 1 aromatic heterocycles. The molecular formula is C11H15F6N3O4S2. The molecule has 1 aliphatic heterocycles. The second-order valence-corrected chi connectivity index (χ2v) is 8.54. The molecule has 7 nitrogen and oxygen atoms in total. The number of halogens is 6. The van der Waals surface area contributed by atoms with Crippen molar-refractivity contribution in [3.05, 3.63) is 22.3 Å². The zero-order valence-corrected chi connectivity index (χ0v) is 14.9. The fourth-order valence-corrected chi connectivity index (χ4v) is 3.76. The molecule has 2 rings (SSSR count). The summed E-state index contributed by atoms with van der Waals surface area (Å²) >= 11 is 0. The molecule has 1 aromatic rings. The Balaban J connectivity index is 0.000000269. The van der Waals surface area contributed by atoms with Crippen molar-refractivity contribution < 1.29 is 47.7 Å². The predicted molar refractivity (Wildman–Crippen MR) is 76.5 cm³/mol. The molecule has 0 fully saturated rings. The third-order valence-electron chi connectivity index (χ3n) is 3.13. The van der Waals surface area contributed by atoms with E-state index in [0.717, 1.165) is 4.13 Å². The molecule has 152 valence electrons. The average molecular weight is 431 g/mol. The van der Waals surface area contributed by atoms with E-state index in [4.69, 9.17) is 0 Å². The minimum atomic E-state index is -6.72. The van der Waals surface area contributed by atoms with Crippen LogP contribution in [0.25, 0.3) is 4.13 Å². The fraction of sp³-hybridized carbons (Fsp3) is 0.727. The number of sulfonamides is 2. The second kappa shape index (κ2) is 7.72. The zero-order valence-electron chi connectivity index (χ0n) is 13.2. The number of aromatic nitrogens is 2. The molecule has 1 aliphatic rings. The van der Waals surface area contributed by atoms with Gasteiger partial charge in [0.2, 0.25) is 0 Å². The fourth-order valence-electron chi connectivity index (χ4n) is 2.05. The van der Waals surface area contributed by atoms with Crippen LogP contribution in [-0.2, 0) is 39.6 Å². The molecule has 0 atom stereocenters. The highest BCUT2D eigenvalue weighted by atomic mass is 32.3. The van der Waals surface area contributed by atoms with Gasteiger partial charge in [0, 0.05) is 0 Å². The van der Waals surface area contributed by atoms with Crippen LogP contribution >= 0.6 is 0 Å². The van der Waals surface area contributed by atoms with Crippen LogP contribution in [0.3, 0.4) is 0 Å². The Bertz CT molecular complexity index is 785. The topological polar surface area (TPSA) is 91.2 Å². The van der Waals surface area contributed by atoms with Gasteiger partial charge in [0.15, 0.2) is 20.0 Å². The van der Waals surface area contributed by atoms with Crippen molar-refractivity contribution >= 4 is 20.0 Å². The highest BCUT2D eigenvalue weighted by molar-refractivity contribution is 8.13. The molecule has 0 aromatic carbocycles. The summed E-state index contributed by atoms with van der Waals surface area (Å²) in [5, 5.41) is 0. The first-order valence-electron chi connectivity index (χ1n) is 7.06. The lowest BCUT2D eigenvalue weighted by Gasteiger charge is -2.22. The summed E-state index contributed by atoms with van der Waals surface area (Å²) in [5.74, 6) is 1.52. The van der Waals surface area contributed by atoms with E-state index in [9.17, 15) is 43.2 Å². The molecule has 0 spiro atoms. The molecule has 0 bridgehead atoms. The Kier molecular flexibility index (Phi) is 6.74. The molecule has 0 aliphatic carbocycles. The molecule has 0 unspecified atom stereocenters. The lowest BCUT2D eigenvalue weighted by Crippen LogP contribution is -2.30. The molecular weight excluding hydrogens is 416 g/mol. The SMILES string of the molecule is CCCn1cc[n+]2c1CCC2.O=S(=O)([N-]S(=O)(=O)C(F)(F)F)C(F)(F)F.